The first-order chi connectivity index (χ1) is 12.0. The molecule has 3 rings (SSSR count). The van der Waals surface area contributed by atoms with E-state index in [0.717, 1.165) is 37.9 Å². The molecule has 2 saturated heterocycles. The summed E-state index contributed by atoms with van der Waals surface area (Å²) in [6, 6.07) is 7.87. The second kappa shape index (κ2) is 7.67. The van der Waals surface area contributed by atoms with Gasteiger partial charge in [-0.3, -0.25) is 4.79 Å². The van der Waals surface area contributed by atoms with Crippen LogP contribution in [0, 0.1) is 5.41 Å². The van der Waals surface area contributed by atoms with Crippen molar-refractivity contribution in [3.63, 3.8) is 0 Å². The highest BCUT2D eigenvalue weighted by Gasteiger charge is 2.46. The average Bonchev–Trinajstić information content (AvgIpc) is 2.61. The maximum absolute atomic E-state index is 13.7. The highest BCUT2D eigenvalue weighted by atomic mass is 35.5. The molecule has 1 aromatic carbocycles. The SMILES string of the molecule is CCC[C@@]1(C)CCCN(C(=O)C2(c3cccc(Cl)c3)CCOCC2)C1. The predicted molar refractivity (Wildman–Crippen MR) is 102 cm³/mol. The lowest BCUT2D eigenvalue weighted by Gasteiger charge is -2.46. The van der Waals surface area contributed by atoms with E-state index in [4.69, 9.17) is 16.3 Å². The normalized spacial score (nSPS) is 26.4. The number of hydrogen-bond donors (Lipinski definition) is 0. The first-order valence-corrected chi connectivity index (χ1v) is 10.0. The lowest BCUT2D eigenvalue weighted by molar-refractivity contribution is -0.145. The number of nitrogens with zero attached hydrogens (tertiary/aromatic N) is 1. The first kappa shape index (κ1) is 18.7. The third-order valence-corrected chi connectivity index (χ3v) is 6.29. The third kappa shape index (κ3) is 3.88. The summed E-state index contributed by atoms with van der Waals surface area (Å²) < 4.78 is 5.59. The molecule has 0 aromatic heterocycles. The number of likely N-dealkylation sites (tertiary alicyclic amines) is 1. The van der Waals surface area contributed by atoms with Gasteiger partial charge >= 0.3 is 0 Å². The van der Waals surface area contributed by atoms with Gasteiger partial charge < -0.3 is 9.64 Å². The summed E-state index contributed by atoms with van der Waals surface area (Å²) in [5.74, 6) is 0.278. The predicted octanol–water partition coefficient (Wildman–Crippen LogP) is 4.82. The van der Waals surface area contributed by atoms with Crippen LogP contribution in [0.15, 0.2) is 24.3 Å². The molecule has 0 bridgehead atoms. The van der Waals surface area contributed by atoms with Gasteiger partial charge in [0.25, 0.3) is 0 Å². The molecule has 4 heteroatoms. The van der Waals surface area contributed by atoms with Gasteiger partial charge in [-0.25, -0.2) is 0 Å². The van der Waals surface area contributed by atoms with Crippen LogP contribution in [0.25, 0.3) is 0 Å². The van der Waals surface area contributed by atoms with Crippen molar-refractivity contribution in [2.24, 2.45) is 5.41 Å². The van der Waals surface area contributed by atoms with Crippen LogP contribution in [0.5, 0.6) is 0 Å². The Morgan fingerprint density at radius 1 is 1.28 bits per heavy atom. The van der Waals surface area contributed by atoms with Gasteiger partial charge in [0.1, 0.15) is 0 Å². The van der Waals surface area contributed by atoms with E-state index in [1.54, 1.807) is 0 Å². The Balaban J connectivity index is 1.90. The quantitative estimate of drug-likeness (QED) is 0.767. The van der Waals surface area contributed by atoms with Crippen LogP contribution in [0.1, 0.15) is 57.9 Å². The average molecular weight is 364 g/mol. The highest BCUT2D eigenvalue weighted by molar-refractivity contribution is 6.30. The fourth-order valence-corrected chi connectivity index (χ4v) is 4.92. The van der Waals surface area contributed by atoms with E-state index in [-0.39, 0.29) is 11.3 Å². The minimum absolute atomic E-state index is 0.253. The van der Waals surface area contributed by atoms with Crippen molar-refractivity contribution in [1.82, 2.24) is 4.90 Å². The molecule has 0 spiro atoms. The molecule has 138 valence electrons. The zero-order valence-electron chi connectivity index (χ0n) is 15.5. The van der Waals surface area contributed by atoms with E-state index in [1.807, 2.05) is 18.2 Å². The Kier molecular flexibility index (Phi) is 5.75. The van der Waals surface area contributed by atoms with Crippen LogP contribution in [-0.2, 0) is 14.9 Å². The van der Waals surface area contributed by atoms with E-state index < -0.39 is 5.41 Å². The van der Waals surface area contributed by atoms with Crippen molar-refractivity contribution < 1.29 is 9.53 Å². The summed E-state index contributed by atoms with van der Waals surface area (Å²) in [4.78, 5) is 15.8. The van der Waals surface area contributed by atoms with Crippen LogP contribution in [0.4, 0.5) is 0 Å². The molecule has 1 aromatic rings. The third-order valence-electron chi connectivity index (χ3n) is 6.05. The summed E-state index contributed by atoms with van der Waals surface area (Å²) >= 11 is 6.25. The maximum atomic E-state index is 13.7. The minimum Gasteiger partial charge on any atom is -0.381 e. The molecule has 0 unspecified atom stereocenters. The molecule has 0 saturated carbocycles. The van der Waals surface area contributed by atoms with Crippen molar-refractivity contribution in [3.05, 3.63) is 34.9 Å². The molecule has 0 N–H and O–H groups in total. The van der Waals surface area contributed by atoms with Gasteiger partial charge in [0.05, 0.1) is 5.41 Å². The second-order valence-electron chi connectivity index (χ2n) is 8.10. The zero-order valence-corrected chi connectivity index (χ0v) is 16.3. The van der Waals surface area contributed by atoms with Crippen LogP contribution in [-0.4, -0.2) is 37.1 Å². The molecule has 25 heavy (non-hydrogen) atoms. The van der Waals surface area contributed by atoms with Crippen LogP contribution in [0.3, 0.4) is 0 Å². The number of piperidine rings is 1. The highest BCUT2D eigenvalue weighted by Crippen LogP contribution is 2.41. The molecule has 1 atom stereocenters. The standard InChI is InChI=1S/C21H30ClNO2/c1-3-8-20(2)9-5-12-23(16-20)19(24)21(10-13-25-14-11-21)17-6-4-7-18(22)15-17/h4,6-7,15H,3,5,8-14,16H2,1-2H3/t20-/m0/s1. The molecule has 2 fully saturated rings. The second-order valence-corrected chi connectivity index (χ2v) is 8.53. The smallest absolute Gasteiger partial charge is 0.233 e. The Labute approximate surface area is 156 Å². The number of carbonyl (C=O) groups is 1. The fraction of sp³-hybridized carbons (Fsp3) is 0.667. The Hall–Kier alpha value is -1.06. The van der Waals surface area contributed by atoms with Gasteiger partial charge in [-0.05, 0) is 55.2 Å². The topological polar surface area (TPSA) is 29.5 Å². The number of benzene rings is 1. The molecule has 2 heterocycles. The lowest BCUT2D eigenvalue weighted by Crippen LogP contribution is -2.54. The Morgan fingerprint density at radius 3 is 2.72 bits per heavy atom. The first-order valence-electron chi connectivity index (χ1n) is 9.62. The number of carbonyl (C=O) groups excluding carboxylic acids is 1. The Morgan fingerprint density at radius 2 is 2.04 bits per heavy atom. The van der Waals surface area contributed by atoms with E-state index in [2.05, 4.69) is 24.8 Å². The van der Waals surface area contributed by atoms with E-state index in [1.165, 1.54) is 19.3 Å². The molecule has 1 amide bonds. The minimum atomic E-state index is -0.479. The Bertz CT molecular complexity index is 608. The van der Waals surface area contributed by atoms with Crippen molar-refractivity contribution in [3.8, 4) is 0 Å². The summed E-state index contributed by atoms with van der Waals surface area (Å²) in [6.07, 6.45) is 6.17. The summed E-state index contributed by atoms with van der Waals surface area (Å²) in [5.41, 5.74) is 0.827. The molecular weight excluding hydrogens is 334 g/mol. The molecule has 0 radical (unpaired) electrons. The van der Waals surface area contributed by atoms with Crippen molar-refractivity contribution in [2.45, 2.75) is 57.8 Å². The largest absolute Gasteiger partial charge is 0.381 e. The number of amides is 1. The van der Waals surface area contributed by atoms with Crippen LogP contribution >= 0.6 is 11.6 Å². The molecule has 0 aliphatic carbocycles. The summed E-state index contributed by atoms with van der Waals surface area (Å²) in [7, 11) is 0. The van der Waals surface area contributed by atoms with Gasteiger partial charge in [0, 0.05) is 31.3 Å². The maximum Gasteiger partial charge on any atom is 0.233 e. The lowest BCUT2D eigenvalue weighted by atomic mass is 9.71. The monoisotopic (exact) mass is 363 g/mol. The number of rotatable bonds is 4. The fourth-order valence-electron chi connectivity index (χ4n) is 4.73. The van der Waals surface area contributed by atoms with Gasteiger partial charge in [0.2, 0.25) is 5.91 Å². The number of halogens is 1. The van der Waals surface area contributed by atoms with E-state index >= 15 is 0 Å². The summed E-state index contributed by atoms with van der Waals surface area (Å²) in [5, 5.41) is 0.700. The molecule has 3 nitrogen and oxygen atoms in total. The van der Waals surface area contributed by atoms with Crippen molar-refractivity contribution >= 4 is 17.5 Å². The van der Waals surface area contributed by atoms with Crippen LogP contribution < -0.4 is 0 Å². The summed E-state index contributed by atoms with van der Waals surface area (Å²) in [6.45, 7) is 7.60. The number of ether oxygens (including phenoxy) is 1. The number of hydrogen-bond acceptors (Lipinski definition) is 2. The van der Waals surface area contributed by atoms with Gasteiger partial charge in [-0.15, -0.1) is 0 Å². The van der Waals surface area contributed by atoms with Crippen LogP contribution in [0.2, 0.25) is 5.02 Å². The molecule has 2 aliphatic heterocycles. The van der Waals surface area contributed by atoms with Crippen molar-refractivity contribution in [2.75, 3.05) is 26.3 Å². The van der Waals surface area contributed by atoms with E-state index in [0.29, 0.717) is 18.2 Å². The van der Waals surface area contributed by atoms with Gasteiger partial charge in [-0.2, -0.15) is 0 Å². The zero-order chi connectivity index (χ0) is 17.9. The molecular formula is C21H30ClNO2. The molecule has 2 aliphatic rings. The van der Waals surface area contributed by atoms with Gasteiger partial charge in [0.15, 0.2) is 0 Å². The van der Waals surface area contributed by atoms with E-state index in [9.17, 15) is 4.79 Å². The van der Waals surface area contributed by atoms with Gasteiger partial charge in [-0.1, -0.05) is 44.0 Å². The van der Waals surface area contributed by atoms with Crippen molar-refractivity contribution in [1.29, 1.82) is 0 Å².